The van der Waals surface area contributed by atoms with E-state index in [1.807, 2.05) is 35.9 Å². The van der Waals surface area contributed by atoms with Crippen LogP contribution in [0.4, 0.5) is 0 Å². The van der Waals surface area contributed by atoms with Crippen molar-refractivity contribution < 1.29 is 18.5 Å². The maximum atomic E-state index is 13.5. The Morgan fingerprint density at radius 3 is 2.38 bits per heavy atom. The number of nitrogens with zero attached hydrogens (tertiary/aromatic N) is 2. The molecule has 1 heterocycles. The molecular weight excluding hydrogens is 470 g/mol. The van der Waals surface area contributed by atoms with Gasteiger partial charge in [0.2, 0.25) is 0 Å². The zero-order valence-electron chi connectivity index (χ0n) is 13.9. The zero-order valence-corrected chi connectivity index (χ0v) is 17.9. The van der Waals surface area contributed by atoms with Crippen LogP contribution in [-0.4, -0.2) is 39.4 Å². The summed E-state index contributed by atoms with van der Waals surface area (Å²) in [6, 6.07) is 7.34. The normalized spacial score (nSPS) is 14.5. The summed E-state index contributed by atoms with van der Waals surface area (Å²) in [5, 5.41) is 12.3. The van der Waals surface area contributed by atoms with Gasteiger partial charge in [0, 0.05) is 46.4 Å². The van der Waals surface area contributed by atoms with Crippen LogP contribution in [0.1, 0.15) is 11.2 Å². The Balaban J connectivity index is 2.64. The quantitative estimate of drug-likeness (QED) is 0.156. The molecule has 0 aliphatic heterocycles. The molecule has 0 spiro atoms. The van der Waals surface area contributed by atoms with E-state index in [1.54, 1.807) is 6.20 Å². The molecule has 26 heavy (non-hydrogen) atoms. The van der Waals surface area contributed by atoms with Crippen molar-refractivity contribution in [2.24, 2.45) is 7.05 Å². The highest BCUT2D eigenvalue weighted by Gasteiger charge is 2.48. The number of aryl methyl sites for hydroxylation is 1. The fourth-order valence-electron chi connectivity index (χ4n) is 2.71. The first kappa shape index (κ1) is 21.7. The molecule has 0 saturated carbocycles. The SMILES string of the molecule is Cn1cc(C(C(Br)[N+](=O)[O-])P(=O)(OCCCl)OCCCl)c2ccccc21. The minimum atomic E-state index is -3.96. The highest BCUT2D eigenvalue weighted by atomic mass is 79.9. The average molecular weight is 488 g/mol. The van der Waals surface area contributed by atoms with Gasteiger partial charge in [-0.25, -0.2) is 0 Å². The molecule has 1 aromatic carbocycles. The van der Waals surface area contributed by atoms with E-state index in [4.69, 9.17) is 32.2 Å². The van der Waals surface area contributed by atoms with E-state index in [0.29, 0.717) is 5.56 Å². The predicted molar refractivity (Wildman–Crippen MR) is 106 cm³/mol. The predicted octanol–water partition coefficient (Wildman–Crippen LogP) is 4.92. The van der Waals surface area contributed by atoms with E-state index in [0.717, 1.165) is 10.9 Å². The Morgan fingerprint density at radius 1 is 1.27 bits per heavy atom. The molecule has 0 aliphatic rings. The van der Waals surface area contributed by atoms with Gasteiger partial charge in [-0.15, -0.1) is 23.2 Å². The van der Waals surface area contributed by atoms with E-state index in [9.17, 15) is 14.7 Å². The highest BCUT2D eigenvalue weighted by Crippen LogP contribution is 2.64. The molecule has 0 bridgehead atoms. The number of halogens is 3. The Labute approximate surface area is 169 Å². The smallest absolute Gasteiger partial charge is 0.346 e. The number of aromatic nitrogens is 1. The molecule has 11 heteroatoms. The number of benzene rings is 1. The number of nitro groups is 1. The first-order valence-corrected chi connectivity index (χ1v) is 11.3. The van der Waals surface area contributed by atoms with Crippen molar-refractivity contribution in [2.45, 2.75) is 10.6 Å². The molecule has 2 rings (SSSR count). The van der Waals surface area contributed by atoms with Gasteiger partial charge < -0.3 is 13.6 Å². The van der Waals surface area contributed by atoms with Crippen molar-refractivity contribution >= 4 is 57.6 Å². The minimum Gasteiger partial charge on any atom is -0.350 e. The van der Waals surface area contributed by atoms with Crippen molar-refractivity contribution in [2.75, 3.05) is 25.0 Å². The Bertz CT molecular complexity index is 806. The third-order valence-corrected chi connectivity index (χ3v) is 7.65. The summed E-state index contributed by atoms with van der Waals surface area (Å²) in [5.41, 5.74) is 0.168. The van der Waals surface area contributed by atoms with Crippen LogP contribution in [0.3, 0.4) is 0 Å². The summed E-state index contributed by atoms with van der Waals surface area (Å²) >= 11 is 14.4. The fraction of sp³-hybridized carbons (Fsp3) is 0.467. The lowest BCUT2D eigenvalue weighted by Crippen LogP contribution is -2.24. The van der Waals surface area contributed by atoms with Gasteiger partial charge in [-0.05, 0) is 22.0 Å². The second kappa shape index (κ2) is 9.53. The molecular formula is C15H18BrCl2N2O5P. The van der Waals surface area contributed by atoms with Crippen molar-refractivity contribution in [1.29, 1.82) is 0 Å². The Morgan fingerprint density at radius 2 is 1.85 bits per heavy atom. The van der Waals surface area contributed by atoms with Gasteiger partial charge in [0.15, 0.2) is 5.66 Å². The van der Waals surface area contributed by atoms with Crippen LogP contribution in [0.2, 0.25) is 0 Å². The van der Waals surface area contributed by atoms with Gasteiger partial charge in [-0.3, -0.25) is 14.7 Å². The highest BCUT2D eigenvalue weighted by molar-refractivity contribution is 9.09. The number of hydrogen-bond acceptors (Lipinski definition) is 5. The maximum absolute atomic E-state index is 13.5. The van der Waals surface area contributed by atoms with Crippen LogP contribution in [-0.2, 0) is 20.7 Å². The van der Waals surface area contributed by atoms with E-state index >= 15 is 0 Å². The molecule has 7 nitrogen and oxygen atoms in total. The van der Waals surface area contributed by atoms with Crippen molar-refractivity contribution in [3.8, 4) is 0 Å². The molecule has 0 fully saturated rings. The molecule has 1 aromatic heterocycles. The largest absolute Gasteiger partial charge is 0.350 e. The number of para-hydroxylation sites is 1. The summed E-state index contributed by atoms with van der Waals surface area (Å²) in [5.74, 6) is 0.143. The standard InChI is InChI=1S/C15H18BrCl2N2O5P/c1-19-10-12(11-4-2-3-5-13(11)19)14(15(16)20(21)22)26(23,24-8-6-17)25-9-7-18/h2-5,10,14-15H,6-9H2,1H3. The number of rotatable bonds is 10. The lowest BCUT2D eigenvalue weighted by Gasteiger charge is -2.26. The molecule has 0 amide bonds. The van der Waals surface area contributed by atoms with Crippen LogP contribution in [0.25, 0.3) is 10.9 Å². The van der Waals surface area contributed by atoms with Crippen molar-refractivity contribution in [3.63, 3.8) is 0 Å². The third kappa shape index (κ3) is 4.61. The zero-order chi connectivity index (χ0) is 19.3. The van der Waals surface area contributed by atoms with E-state index in [-0.39, 0.29) is 25.0 Å². The van der Waals surface area contributed by atoms with Crippen LogP contribution in [0.15, 0.2) is 30.5 Å². The number of alkyl halides is 3. The topological polar surface area (TPSA) is 83.6 Å². The summed E-state index contributed by atoms with van der Waals surface area (Å²) in [6.07, 6.45) is 1.70. The van der Waals surface area contributed by atoms with Gasteiger partial charge in [-0.1, -0.05) is 18.2 Å². The van der Waals surface area contributed by atoms with Gasteiger partial charge in [0.25, 0.3) is 4.95 Å². The van der Waals surface area contributed by atoms with Crippen LogP contribution < -0.4 is 0 Å². The third-order valence-electron chi connectivity index (χ3n) is 3.75. The molecule has 2 unspecified atom stereocenters. The summed E-state index contributed by atoms with van der Waals surface area (Å²) in [4.78, 5) is 9.57. The first-order chi connectivity index (χ1) is 12.4. The summed E-state index contributed by atoms with van der Waals surface area (Å²) < 4.78 is 26.2. The van der Waals surface area contributed by atoms with Crippen LogP contribution in [0.5, 0.6) is 0 Å². The Kier molecular flexibility index (Phi) is 7.94. The van der Waals surface area contributed by atoms with Gasteiger partial charge in [0.05, 0.1) is 13.2 Å². The summed E-state index contributed by atoms with van der Waals surface area (Å²) in [7, 11) is -2.15. The molecule has 0 radical (unpaired) electrons. The fourth-order valence-corrected chi connectivity index (χ4v) is 6.28. The number of fused-ring (bicyclic) bond motifs is 1. The molecule has 2 atom stereocenters. The lowest BCUT2D eigenvalue weighted by atomic mass is 10.1. The Hall–Kier alpha value is -0.630. The van der Waals surface area contributed by atoms with Crippen LogP contribution in [0, 0.1) is 10.1 Å². The lowest BCUT2D eigenvalue weighted by molar-refractivity contribution is -0.493. The minimum absolute atomic E-state index is 0.0696. The van der Waals surface area contributed by atoms with Gasteiger partial charge in [-0.2, -0.15) is 0 Å². The van der Waals surface area contributed by atoms with E-state index in [2.05, 4.69) is 15.9 Å². The first-order valence-electron chi connectivity index (χ1n) is 7.68. The number of hydrogen-bond donors (Lipinski definition) is 0. The van der Waals surface area contributed by atoms with Crippen molar-refractivity contribution in [3.05, 3.63) is 46.1 Å². The van der Waals surface area contributed by atoms with Crippen LogP contribution >= 0.6 is 46.7 Å². The molecule has 0 N–H and O–H groups in total. The van der Waals surface area contributed by atoms with Gasteiger partial charge >= 0.3 is 7.60 Å². The van der Waals surface area contributed by atoms with Crippen molar-refractivity contribution in [1.82, 2.24) is 4.57 Å². The van der Waals surface area contributed by atoms with E-state index < -0.39 is 23.1 Å². The van der Waals surface area contributed by atoms with E-state index in [1.165, 1.54) is 0 Å². The molecule has 0 saturated heterocycles. The molecule has 0 aliphatic carbocycles. The van der Waals surface area contributed by atoms with Gasteiger partial charge in [0.1, 0.15) is 0 Å². The maximum Gasteiger partial charge on any atom is 0.346 e. The second-order valence-corrected chi connectivity index (χ2v) is 9.25. The average Bonchev–Trinajstić information content (AvgIpc) is 2.95. The molecule has 144 valence electrons. The summed E-state index contributed by atoms with van der Waals surface area (Å²) in [6.45, 7) is -0.139. The second-order valence-electron chi connectivity index (χ2n) is 5.40. The molecule has 2 aromatic rings. The monoisotopic (exact) mass is 486 g/mol.